The third-order valence-corrected chi connectivity index (χ3v) is 6.46. The second-order valence-electron chi connectivity index (χ2n) is 4.18. The van der Waals surface area contributed by atoms with Crippen LogP contribution in [0.1, 0.15) is 22.4 Å². The van der Waals surface area contributed by atoms with Gasteiger partial charge in [0.2, 0.25) is 0 Å². The number of aliphatic imine (C=N–C) groups is 1. The molecule has 3 rings (SSSR count). The van der Waals surface area contributed by atoms with Gasteiger partial charge in [-0.1, -0.05) is 0 Å². The summed E-state index contributed by atoms with van der Waals surface area (Å²) in [5, 5.41) is 4.80. The van der Waals surface area contributed by atoms with Crippen molar-refractivity contribution in [1.82, 2.24) is 0 Å². The van der Waals surface area contributed by atoms with Crippen LogP contribution in [-0.4, -0.2) is 25.5 Å². The van der Waals surface area contributed by atoms with Crippen LogP contribution in [0.2, 0.25) is 5.02 Å². The van der Waals surface area contributed by atoms with Gasteiger partial charge < -0.3 is 0 Å². The Morgan fingerprint density at radius 2 is 2.05 bits per heavy atom. The summed E-state index contributed by atoms with van der Waals surface area (Å²) in [4.78, 5) is 16.3. The van der Waals surface area contributed by atoms with E-state index in [-0.39, 0.29) is 25.7 Å². The summed E-state index contributed by atoms with van der Waals surface area (Å²) < 4.78 is 0.963. The number of benzene rings is 1. The number of thiophene rings is 1. The molecule has 0 aliphatic carbocycles. The zero-order valence-corrected chi connectivity index (χ0v) is 13.2. The fraction of sp³-hybridized carbons (Fsp3) is 0.143. The number of amides is 1. The van der Waals surface area contributed by atoms with Crippen LogP contribution in [-0.2, 0) is 4.79 Å². The molecule has 0 N–H and O–H groups in total. The second kappa shape index (κ2) is 5.59. The molecule has 19 heavy (non-hydrogen) atoms. The first-order valence-corrected chi connectivity index (χ1v) is 8.95. The molecule has 1 aliphatic heterocycles. The topological polar surface area (TPSA) is 29.4 Å². The molecular weight excluding hydrogens is 345 g/mol. The molecule has 1 amide bonds. The van der Waals surface area contributed by atoms with E-state index in [0.717, 1.165) is 15.2 Å². The molecule has 1 aromatic heterocycles. The number of halogens is 1. The summed E-state index contributed by atoms with van der Waals surface area (Å²) in [5.74, 6) is -0.0192. The van der Waals surface area contributed by atoms with Gasteiger partial charge in [-0.3, -0.25) is 0 Å². The van der Waals surface area contributed by atoms with Gasteiger partial charge in [0.1, 0.15) is 0 Å². The van der Waals surface area contributed by atoms with E-state index < -0.39 is 0 Å². The molecule has 1 atom stereocenters. The predicted molar refractivity (Wildman–Crippen MR) is 80.4 cm³/mol. The molecule has 1 aromatic carbocycles. The Hall–Kier alpha value is -0.931. The zero-order valence-electron chi connectivity index (χ0n) is 9.88. The third-order valence-electron chi connectivity index (χ3n) is 2.85. The van der Waals surface area contributed by atoms with Gasteiger partial charge in [0.05, 0.1) is 0 Å². The van der Waals surface area contributed by atoms with Gasteiger partial charge in [0.25, 0.3) is 0 Å². The number of nitrogens with zero attached hydrogens (tertiary/aromatic N) is 1. The van der Waals surface area contributed by atoms with Crippen LogP contribution in [0.25, 0.3) is 0 Å². The Labute approximate surface area is 126 Å². The van der Waals surface area contributed by atoms with Gasteiger partial charge >= 0.3 is 127 Å². The average molecular weight is 355 g/mol. The zero-order chi connectivity index (χ0) is 13.2. The monoisotopic (exact) mass is 355 g/mol. The Bertz CT molecular complexity index is 621. The van der Waals surface area contributed by atoms with Crippen molar-refractivity contribution in [2.45, 2.75) is 11.2 Å². The fourth-order valence-corrected chi connectivity index (χ4v) is 5.37. The number of carbonyl (C=O) groups is 1. The normalized spacial score (nSPS) is 19.3. The molecule has 0 bridgehead atoms. The van der Waals surface area contributed by atoms with Gasteiger partial charge in [-0.15, -0.1) is 0 Å². The first kappa shape index (κ1) is 13.1. The summed E-state index contributed by atoms with van der Waals surface area (Å²) in [5.41, 5.74) is 2.28. The number of rotatable bonds is 2. The summed E-state index contributed by atoms with van der Waals surface area (Å²) in [6, 6.07) is 9.82. The molecule has 5 heteroatoms. The minimum absolute atomic E-state index is 0.0192. The molecular formula is C14H10ClNOSSe. The Balaban J connectivity index is 1.88. The number of hydrogen-bond acceptors (Lipinski definition) is 2. The van der Waals surface area contributed by atoms with Gasteiger partial charge in [0, 0.05) is 0 Å². The van der Waals surface area contributed by atoms with Crippen LogP contribution in [0.3, 0.4) is 0 Å². The van der Waals surface area contributed by atoms with E-state index in [1.54, 1.807) is 11.3 Å². The van der Waals surface area contributed by atoms with Gasteiger partial charge in [-0.25, -0.2) is 0 Å². The molecule has 1 aliphatic rings. The SMILES string of the molecule is O=C1C[C@H](c2ccc(Cl)cc2)[Se]C(c2ccsc2)=N1. The van der Waals surface area contributed by atoms with Crippen LogP contribution in [0.5, 0.6) is 0 Å². The standard InChI is InChI=1S/C14H10ClNOSSe/c15-11-3-1-9(2-4-11)12-7-13(17)16-14(19-12)10-5-6-18-8-10/h1-6,8,12H,7H2/t12-/m1/s1. The number of carbonyl (C=O) groups excluding carboxylic acids is 1. The van der Waals surface area contributed by atoms with Crippen molar-refractivity contribution in [3.8, 4) is 0 Å². The third kappa shape index (κ3) is 2.98. The molecule has 0 radical (unpaired) electrons. The van der Waals surface area contributed by atoms with Crippen molar-refractivity contribution in [3.63, 3.8) is 0 Å². The van der Waals surface area contributed by atoms with E-state index in [9.17, 15) is 4.79 Å². The molecule has 0 unspecified atom stereocenters. The van der Waals surface area contributed by atoms with Gasteiger partial charge in [-0.05, 0) is 0 Å². The van der Waals surface area contributed by atoms with E-state index in [1.165, 1.54) is 5.56 Å². The molecule has 96 valence electrons. The molecule has 2 aromatic rings. The molecule has 2 heterocycles. The van der Waals surface area contributed by atoms with Crippen LogP contribution in [0.4, 0.5) is 0 Å². The van der Waals surface area contributed by atoms with Crippen LogP contribution in [0, 0.1) is 0 Å². The van der Waals surface area contributed by atoms with Crippen molar-refractivity contribution in [2.75, 3.05) is 0 Å². The first-order chi connectivity index (χ1) is 9.22. The summed E-state index contributed by atoms with van der Waals surface area (Å²) in [6.45, 7) is 0. The molecule has 0 spiro atoms. The predicted octanol–water partition coefficient (Wildman–Crippen LogP) is 3.52. The van der Waals surface area contributed by atoms with Crippen molar-refractivity contribution in [3.05, 3.63) is 57.2 Å². The molecule has 0 saturated heterocycles. The van der Waals surface area contributed by atoms with Crippen LogP contribution >= 0.6 is 22.9 Å². The molecule has 0 fully saturated rings. The Morgan fingerprint density at radius 1 is 1.26 bits per heavy atom. The summed E-state index contributed by atoms with van der Waals surface area (Å²) >= 11 is 7.72. The van der Waals surface area contributed by atoms with Crippen molar-refractivity contribution < 1.29 is 4.79 Å². The maximum atomic E-state index is 11.8. The molecule has 2 nitrogen and oxygen atoms in total. The molecule has 0 saturated carbocycles. The summed E-state index contributed by atoms with van der Waals surface area (Å²) in [6.07, 6.45) is 0.509. The Morgan fingerprint density at radius 3 is 2.74 bits per heavy atom. The maximum absolute atomic E-state index is 11.8. The second-order valence-corrected chi connectivity index (χ2v) is 7.90. The minimum atomic E-state index is -0.0192. The summed E-state index contributed by atoms with van der Waals surface area (Å²) in [7, 11) is 0. The van der Waals surface area contributed by atoms with Crippen LogP contribution in [0.15, 0.2) is 46.1 Å². The average Bonchev–Trinajstić information content (AvgIpc) is 2.93. The van der Waals surface area contributed by atoms with Crippen molar-refractivity contribution in [1.29, 1.82) is 0 Å². The van der Waals surface area contributed by atoms with E-state index in [0.29, 0.717) is 6.42 Å². The van der Waals surface area contributed by atoms with E-state index in [1.807, 2.05) is 35.7 Å². The van der Waals surface area contributed by atoms with Crippen molar-refractivity contribution >= 4 is 48.4 Å². The fourth-order valence-electron chi connectivity index (χ4n) is 1.90. The van der Waals surface area contributed by atoms with Gasteiger partial charge in [0.15, 0.2) is 0 Å². The Kier molecular flexibility index (Phi) is 3.85. The van der Waals surface area contributed by atoms with Crippen molar-refractivity contribution in [2.24, 2.45) is 4.99 Å². The van der Waals surface area contributed by atoms with E-state index in [2.05, 4.69) is 10.4 Å². The van der Waals surface area contributed by atoms with E-state index in [4.69, 9.17) is 11.6 Å². The van der Waals surface area contributed by atoms with Crippen LogP contribution < -0.4 is 0 Å². The van der Waals surface area contributed by atoms with E-state index >= 15 is 0 Å². The first-order valence-electron chi connectivity index (χ1n) is 5.78. The van der Waals surface area contributed by atoms with Gasteiger partial charge in [-0.2, -0.15) is 0 Å². The quantitative estimate of drug-likeness (QED) is 0.759. The number of hydrogen-bond donors (Lipinski definition) is 0.